The lowest BCUT2D eigenvalue weighted by atomic mass is 9.80. The molecule has 0 aromatic heterocycles. The smallest absolute Gasteiger partial charge is 0.0208 e. The van der Waals surface area contributed by atoms with E-state index in [0.717, 1.165) is 0 Å². The van der Waals surface area contributed by atoms with Crippen molar-refractivity contribution in [1.82, 2.24) is 0 Å². The zero-order valence-corrected chi connectivity index (χ0v) is 42.0. The second-order valence-electron chi connectivity index (χ2n) is 19.6. The summed E-state index contributed by atoms with van der Waals surface area (Å²) in [4.78, 5) is 5.23. The molecule has 0 aliphatic carbocycles. The van der Waals surface area contributed by atoms with Crippen molar-refractivity contribution >= 4 is 56.2 Å². The van der Waals surface area contributed by atoms with Crippen LogP contribution in [-0.2, 0) is 0 Å². The molecule has 0 unspecified atom stereocenters. The van der Waals surface area contributed by atoms with Crippen LogP contribution in [0.2, 0.25) is 0 Å². The Morgan fingerprint density at radius 2 is 0.530 bits per heavy atom. The van der Waals surface area contributed by atoms with Gasteiger partial charge in [0, 0.05) is 19.6 Å². The maximum atomic E-state index is 2.61. The molecule has 0 nitrogen and oxygen atoms in total. The highest BCUT2D eigenvalue weighted by Gasteiger charge is 2.29. The monoisotopic (exact) mass is 888 g/mol. The number of benzene rings is 9. The van der Waals surface area contributed by atoms with E-state index in [0.29, 0.717) is 0 Å². The first-order chi connectivity index (χ1) is 31.7. The van der Waals surface area contributed by atoms with Gasteiger partial charge in [-0.2, -0.15) is 0 Å². The number of hydrogen-bond donors (Lipinski definition) is 0. The summed E-state index contributed by atoms with van der Waals surface area (Å²) < 4.78 is 0. The summed E-state index contributed by atoms with van der Waals surface area (Å²) in [7, 11) is 0. The Morgan fingerprint density at radius 3 is 0.848 bits per heavy atom. The maximum absolute atomic E-state index is 2.61. The molecule has 2 aliphatic rings. The largest absolute Gasteiger partial charge is 0.0888 e. The third-order valence-corrected chi connectivity index (χ3v) is 16.6. The molecule has 0 saturated carbocycles. The Labute approximate surface area is 399 Å². The van der Waals surface area contributed by atoms with Gasteiger partial charge >= 0.3 is 0 Å². The summed E-state index contributed by atoms with van der Waals surface area (Å²) in [6.45, 7) is 27.4. The Bertz CT molecular complexity index is 3420. The van der Waals surface area contributed by atoms with Crippen molar-refractivity contribution in [3.05, 3.63) is 221 Å². The summed E-state index contributed by atoms with van der Waals surface area (Å²) in [6, 6.07) is 47.6. The minimum absolute atomic E-state index is 1.30. The molecule has 2 aliphatic heterocycles. The first-order valence-electron chi connectivity index (χ1n) is 23.4. The number of hydrogen-bond acceptors (Lipinski definition) is 2. The zero-order chi connectivity index (χ0) is 46.0. The van der Waals surface area contributed by atoms with Crippen molar-refractivity contribution in [2.24, 2.45) is 0 Å². The molecule has 0 N–H and O–H groups in total. The van der Waals surface area contributed by atoms with E-state index < -0.39 is 0 Å². The van der Waals surface area contributed by atoms with Crippen LogP contribution in [0.4, 0.5) is 0 Å². The summed E-state index contributed by atoms with van der Waals surface area (Å²) in [5.41, 5.74) is 29.0. The van der Waals surface area contributed by atoms with E-state index in [1.165, 1.54) is 174 Å². The van der Waals surface area contributed by atoms with Gasteiger partial charge in [-0.05, 0) is 252 Å². The van der Waals surface area contributed by atoms with Crippen LogP contribution in [0.1, 0.15) is 89.0 Å². The summed E-state index contributed by atoms with van der Waals surface area (Å²) >= 11 is 3.86. The zero-order valence-electron chi connectivity index (χ0n) is 40.4. The minimum atomic E-state index is 1.30. The average Bonchev–Trinajstić information content (AvgIpc) is 3.24. The van der Waals surface area contributed by atoms with Gasteiger partial charge in [0.15, 0.2) is 0 Å². The number of aryl methyl sites for hydroxylation is 12. The third kappa shape index (κ3) is 6.66. The van der Waals surface area contributed by atoms with Gasteiger partial charge < -0.3 is 0 Å². The van der Waals surface area contributed by atoms with Gasteiger partial charge in [0.25, 0.3) is 0 Å². The molecule has 324 valence electrons. The standard InChI is InChI=1S/C64H56S2/c1-33-21-37(5)57(38(6)22-33)61-45-17-13-15-19-53(45)65-55-31-49-47(29-51(55)61)63(59-41(9)25-35(3)26-42(59)10)50-32-56-52(30-48(50)64(49)60-43(11)27-36(4)28-44(60)12)62(46-18-14-16-20-54(46)66-56)58-39(7)23-34(2)24-40(58)8/h13-32H,1-12H3. The van der Waals surface area contributed by atoms with Gasteiger partial charge in [-0.25, -0.2) is 0 Å². The molecule has 0 saturated heterocycles. The molecule has 0 bridgehead atoms. The second kappa shape index (κ2) is 15.8. The van der Waals surface area contributed by atoms with Crippen molar-refractivity contribution in [3.63, 3.8) is 0 Å². The van der Waals surface area contributed by atoms with Crippen molar-refractivity contribution in [2.75, 3.05) is 0 Å². The van der Waals surface area contributed by atoms with E-state index in [1.807, 2.05) is 23.5 Å². The fourth-order valence-electron chi connectivity index (χ4n) is 12.3. The van der Waals surface area contributed by atoms with Crippen molar-refractivity contribution < 1.29 is 0 Å². The van der Waals surface area contributed by atoms with Gasteiger partial charge in [-0.3, -0.25) is 0 Å². The highest BCUT2D eigenvalue weighted by molar-refractivity contribution is 7.99. The number of fused-ring (bicyclic) bond motifs is 6. The predicted octanol–water partition coefficient (Wildman–Crippen LogP) is 16.5. The quantitative estimate of drug-likeness (QED) is 0.162. The van der Waals surface area contributed by atoms with Crippen LogP contribution in [0.15, 0.2) is 141 Å². The summed E-state index contributed by atoms with van der Waals surface area (Å²) in [5.74, 6) is 0. The van der Waals surface area contributed by atoms with Crippen LogP contribution in [0.5, 0.6) is 0 Å². The predicted molar refractivity (Wildman–Crippen MR) is 286 cm³/mol. The van der Waals surface area contributed by atoms with Crippen LogP contribution in [0.25, 0.3) is 54.9 Å². The average molecular weight is 889 g/mol. The molecule has 2 heteroatoms. The lowest BCUT2D eigenvalue weighted by Gasteiger charge is -2.27. The second-order valence-corrected chi connectivity index (χ2v) is 21.7. The molecule has 2 heterocycles. The van der Waals surface area contributed by atoms with E-state index in [-0.39, 0.29) is 0 Å². The van der Waals surface area contributed by atoms with Gasteiger partial charge in [0.05, 0.1) is 0 Å². The van der Waals surface area contributed by atoms with Gasteiger partial charge in [-0.1, -0.05) is 131 Å². The van der Waals surface area contributed by atoms with Crippen LogP contribution in [0.3, 0.4) is 0 Å². The van der Waals surface area contributed by atoms with Crippen LogP contribution < -0.4 is 10.4 Å². The Kier molecular flexibility index (Phi) is 10.2. The highest BCUT2D eigenvalue weighted by Crippen LogP contribution is 2.51. The van der Waals surface area contributed by atoms with Crippen LogP contribution >= 0.6 is 23.5 Å². The summed E-state index contributed by atoms with van der Waals surface area (Å²) in [5, 5.41) is 7.86. The van der Waals surface area contributed by atoms with Crippen molar-refractivity contribution in [3.8, 4) is 22.3 Å². The summed E-state index contributed by atoms with van der Waals surface area (Å²) in [6.07, 6.45) is 0. The topological polar surface area (TPSA) is 0 Å². The highest BCUT2D eigenvalue weighted by atomic mass is 32.2. The normalized spacial score (nSPS) is 13.0. The molecule has 11 rings (SSSR count). The molecule has 9 aromatic rings. The SMILES string of the molecule is Cc1cc(C)c(C2=c3cc4c(-c5c(C)cc(C)cc5C)c5cc6c(cc5c(-c5c(C)cc(C)cc5C)c4cc3Sc3ccccc32)=C(c2c(C)cc(C)cc2C)c2ccccc2S6)c(C)c1. The Hall–Kier alpha value is -6.06. The Balaban J connectivity index is 1.44. The molecular weight excluding hydrogens is 833 g/mol. The van der Waals surface area contributed by atoms with E-state index in [9.17, 15) is 0 Å². The molecule has 0 spiro atoms. The maximum Gasteiger partial charge on any atom is 0.0208 e. The lowest BCUT2D eigenvalue weighted by Crippen LogP contribution is -2.19. The molecule has 9 aromatic carbocycles. The van der Waals surface area contributed by atoms with Gasteiger partial charge in [0.1, 0.15) is 0 Å². The van der Waals surface area contributed by atoms with Crippen LogP contribution in [0, 0.1) is 83.1 Å². The van der Waals surface area contributed by atoms with Crippen LogP contribution in [-0.4, -0.2) is 0 Å². The third-order valence-electron chi connectivity index (χ3n) is 14.3. The fourth-order valence-corrected chi connectivity index (χ4v) is 14.5. The first-order valence-corrected chi connectivity index (χ1v) is 25.0. The van der Waals surface area contributed by atoms with Crippen molar-refractivity contribution in [2.45, 2.75) is 103 Å². The fraction of sp³-hybridized carbons (Fsp3) is 0.188. The van der Waals surface area contributed by atoms with E-state index >= 15 is 0 Å². The van der Waals surface area contributed by atoms with E-state index in [2.05, 4.69) is 204 Å². The molecule has 0 amide bonds. The molecule has 66 heavy (non-hydrogen) atoms. The first kappa shape index (κ1) is 42.6. The van der Waals surface area contributed by atoms with Crippen molar-refractivity contribution in [1.29, 1.82) is 0 Å². The number of rotatable bonds is 4. The van der Waals surface area contributed by atoms with E-state index in [1.54, 1.807) is 0 Å². The molecule has 0 atom stereocenters. The lowest BCUT2D eigenvalue weighted by molar-refractivity contribution is 1.23. The van der Waals surface area contributed by atoms with Gasteiger partial charge in [-0.15, -0.1) is 0 Å². The minimum Gasteiger partial charge on any atom is -0.0888 e. The molecular formula is C64H56S2. The molecule has 0 radical (unpaired) electrons. The molecule has 0 fully saturated rings. The Morgan fingerprint density at radius 1 is 0.258 bits per heavy atom. The van der Waals surface area contributed by atoms with E-state index in [4.69, 9.17) is 0 Å². The van der Waals surface area contributed by atoms with Gasteiger partial charge in [0.2, 0.25) is 0 Å².